The van der Waals surface area contributed by atoms with Crippen LogP contribution in [0.15, 0.2) is 29.9 Å². The number of thiophene rings is 1. The quantitative estimate of drug-likeness (QED) is 0.901. The second kappa shape index (κ2) is 5.82. The molecule has 2 aromatic heterocycles. The van der Waals surface area contributed by atoms with Gasteiger partial charge in [0.2, 0.25) is 5.91 Å². The molecule has 4 nitrogen and oxygen atoms in total. The standard InChI is InChI=1S/C13H17N3OS/c1-3-6-15-13(17)10(2)16-8-7-14-12(16)11-5-4-9-18-11/h4-5,7-10H,3,6H2,1-2H3,(H,15,17). The summed E-state index contributed by atoms with van der Waals surface area (Å²) in [6, 6.07) is 3.76. The highest BCUT2D eigenvalue weighted by atomic mass is 32.1. The Bertz CT molecular complexity index is 504. The van der Waals surface area contributed by atoms with E-state index in [4.69, 9.17) is 0 Å². The molecule has 1 amide bonds. The average molecular weight is 263 g/mol. The van der Waals surface area contributed by atoms with Crippen molar-refractivity contribution >= 4 is 17.2 Å². The first-order valence-corrected chi connectivity index (χ1v) is 6.96. The van der Waals surface area contributed by atoms with Gasteiger partial charge in [-0.1, -0.05) is 13.0 Å². The van der Waals surface area contributed by atoms with Crippen molar-refractivity contribution in [2.24, 2.45) is 0 Å². The minimum absolute atomic E-state index is 0.0349. The molecule has 0 aliphatic heterocycles. The van der Waals surface area contributed by atoms with Crippen molar-refractivity contribution in [3.8, 4) is 10.7 Å². The smallest absolute Gasteiger partial charge is 0.242 e. The van der Waals surface area contributed by atoms with E-state index in [1.54, 1.807) is 17.5 Å². The van der Waals surface area contributed by atoms with E-state index in [9.17, 15) is 4.79 Å². The van der Waals surface area contributed by atoms with Crippen LogP contribution in [0.3, 0.4) is 0 Å². The summed E-state index contributed by atoms with van der Waals surface area (Å²) in [5.74, 6) is 0.886. The molecule has 2 aromatic rings. The van der Waals surface area contributed by atoms with Crippen molar-refractivity contribution in [2.75, 3.05) is 6.54 Å². The highest BCUT2D eigenvalue weighted by molar-refractivity contribution is 7.13. The SMILES string of the molecule is CCCNC(=O)C(C)n1ccnc1-c1cccs1. The number of amides is 1. The lowest BCUT2D eigenvalue weighted by Gasteiger charge is -2.15. The van der Waals surface area contributed by atoms with E-state index in [-0.39, 0.29) is 11.9 Å². The summed E-state index contributed by atoms with van der Waals surface area (Å²) < 4.78 is 1.91. The lowest BCUT2D eigenvalue weighted by atomic mass is 10.3. The van der Waals surface area contributed by atoms with Gasteiger partial charge in [-0.05, 0) is 24.8 Å². The molecule has 0 spiro atoms. The van der Waals surface area contributed by atoms with E-state index in [1.807, 2.05) is 42.1 Å². The van der Waals surface area contributed by atoms with Crippen LogP contribution in [0, 0.1) is 0 Å². The molecule has 0 fully saturated rings. The van der Waals surface area contributed by atoms with Gasteiger partial charge in [0, 0.05) is 18.9 Å². The molecule has 0 aromatic carbocycles. The summed E-state index contributed by atoms with van der Waals surface area (Å²) >= 11 is 1.63. The minimum Gasteiger partial charge on any atom is -0.354 e. The molecular weight excluding hydrogens is 246 g/mol. The topological polar surface area (TPSA) is 46.9 Å². The van der Waals surface area contributed by atoms with E-state index in [0.717, 1.165) is 17.1 Å². The Hall–Kier alpha value is -1.62. The summed E-state index contributed by atoms with van der Waals surface area (Å²) in [4.78, 5) is 17.4. The number of carbonyl (C=O) groups is 1. The Morgan fingerprint density at radius 2 is 2.44 bits per heavy atom. The zero-order valence-corrected chi connectivity index (χ0v) is 11.4. The van der Waals surface area contributed by atoms with Crippen LogP contribution in [0.25, 0.3) is 10.7 Å². The number of imidazole rings is 1. The maximum atomic E-state index is 12.0. The number of nitrogens with one attached hydrogen (secondary N) is 1. The Kier molecular flexibility index (Phi) is 4.15. The number of nitrogens with zero attached hydrogens (tertiary/aromatic N) is 2. The first kappa shape index (κ1) is 12.8. The van der Waals surface area contributed by atoms with Crippen molar-refractivity contribution in [3.05, 3.63) is 29.9 Å². The molecule has 1 unspecified atom stereocenters. The molecular formula is C13H17N3OS. The van der Waals surface area contributed by atoms with Gasteiger partial charge in [0.25, 0.3) is 0 Å². The van der Waals surface area contributed by atoms with Gasteiger partial charge in [-0.15, -0.1) is 11.3 Å². The third-order valence-electron chi connectivity index (χ3n) is 2.76. The van der Waals surface area contributed by atoms with Gasteiger partial charge in [-0.2, -0.15) is 0 Å². The first-order chi connectivity index (χ1) is 8.74. The highest BCUT2D eigenvalue weighted by Gasteiger charge is 2.18. The molecule has 0 radical (unpaired) electrons. The van der Waals surface area contributed by atoms with Crippen LogP contribution in [0.5, 0.6) is 0 Å². The summed E-state index contributed by atoms with van der Waals surface area (Å²) in [5, 5.41) is 4.92. The van der Waals surface area contributed by atoms with Gasteiger partial charge in [0.1, 0.15) is 6.04 Å². The van der Waals surface area contributed by atoms with Crippen LogP contribution >= 0.6 is 11.3 Å². The zero-order valence-electron chi connectivity index (χ0n) is 10.6. The molecule has 18 heavy (non-hydrogen) atoms. The van der Waals surface area contributed by atoms with E-state index in [2.05, 4.69) is 10.3 Å². The Balaban J connectivity index is 2.19. The maximum absolute atomic E-state index is 12.0. The lowest BCUT2D eigenvalue weighted by Crippen LogP contribution is -2.31. The fourth-order valence-electron chi connectivity index (χ4n) is 1.74. The number of hydrogen-bond acceptors (Lipinski definition) is 3. The molecule has 0 bridgehead atoms. The molecule has 2 rings (SSSR count). The van der Waals surface area contributed by atoms with Gasteiger partial charge in [-0.25, -0.2) is 4.98 Å². The number of hydrogen-bond donors (Lipinski definition) is 1. The third-order valence-corrected chi connectivity index (χ3v) is 3.62. The number of aromatic nitrogens is 2. The number of rotatable bonds is 5. The molecule has 0 aliphatic rings. The fourth-order valence-corrected chi connectivity index (χ4v) is 2.47. The lowest BCUT2D eigenvalue weighted by molar-refractivity contribution is -0.123. The van der Waals surface area contributed by atoms with Gasteiger partial charge in [0.15, 0.2) is 5.82 Å². The normalized spacial score (nSPS) is 12.3. The van der Waals surface area contributed by atoms with Gasteiger partial charge in [0.05, 0.1) is 4.88 Å². The highest BCUT2D eigenvalue weighted by Crippen LogP contribution is 2.25. The second-order valence-electron chi connectivity index (χ2n) is 4.10. The molecule has 0 saturated carbocycles. The van der Waals surface area contributed by atoms with Crippen molar-refractivity contribution in [1.82, 2.24) is 14.9 Å². The average Bonchev–Trinajstić information content (AvgIpc) is 3.03. The summed E-state index contributed by atoms with van der Waals surface area (Å²) in [6.45, 7) is 4.65. The van der Waals surface area contributed by atoms with Gasteiger partial charge < -0.3 is 9.88 Å². The number of carbonyl (C=O) groups excluding carboxylic acids is 1. The molecule has 0 aliphatic carbocycles. The zero-order chi connectivity index (χ0) is 13.0. The van der Waals surface area contributed by atoms with Crippen molar-refractivity contribution < 1.29 is 4.79 Å². The van der Waals surface area contributed by atoms with Crippen LogP contribution in [0.4, 0.5) is 0 Å². The fraction of sp³-hybridized carbons (Fsp3) is 0.385. The van der Waals surface area contributed by atoms with Crippen LogP contribution in [-0.4, -0.2) is 22.0 Å². The van der Waals surface area contributed by atoms with Crippen molar-refractivity contribution in [2.45, 2.75) is 26.3 Å². The summed E-state index contributed by atoms with van der Waals surface area (Å²) in [6.07, 6.45) is 4.53. The van der Waals surface area contributed by atoms with Crippen LogP contribution < -0.4 is 5.32 Å². The van der Waals surface area contributed by atoms with Crippen molar-refractivity contribution in [3.63, 3.8) is 0 Å². The molecule has 2 heterocycles. The molecule has 5 heteroatoms. The predicted octanol–water partition coefficient (Wildman–Crippen LogP) is 2.70. The van der Waals surface area contributed by atoms with E-state index in [0.29, 0.717) is 6.54 Å². The van der Waals surface area contributed by atoms with Crippen LogP contribution in [0.1, 0.15) is 26.3 Å². The summed E-state index contributed by atoms with van der Waals surface area (Å²) in [7, 11) is 0. The second-order valence-corrected chi connectivity index (χ2v) is 5.05. The Labute approximate surface area is 111 Å². The predicted molar refractivity (Wildman–Crippen MR) is 73.6 cm³/mol. The molecule has 96 valence electrons. The largest absolute Gasteiger partial charge is 0.354 e. The minimum atomic E-state index is -0.240. The van der Waals surface area contributed by atoms with Gasteiger partial charge >= 0.3 is 0 Å². The van der Waals surface area contributed by atoms with E-state index < -0.39 is 0 Å². The monoisotopic (exact) mass is 263 g/mol. The molecule has 1 atom stereocenters. The molecule has 0 saturated heterocycles. The molecule has 1 N–H and O–H groups in total. The Morgan fingerprint density at radius 3 is 3.11 bits per heavy atom. The van der Waals surface area contributed by atoms with E-state index >= 15 is 0 Å². The Morgan fingerprint density at radius 1 is 1.61 bits per heavy atom. The van der Waals surface area contributed by atoms with Gasteiger partial charge in [-0.3, -0.25) is 4.79 Å². The van der Waals surface area contributed by atoms with Crippen LogP contribution in [0.2, 0.25) is 0 Å². The summed E-state index contributed by atoms with van der Waals surface area (Å²) in [5.41, 5.74) is 0. The first-order valence-electron chi connectivity index (χ1n) is 6.08. The van der Waals surface area contributed by atoms with E-state index in [1.165, 1.54) is 0 Å². The third kappa shape index (κ3) is 2.61. The van der Waals surface area contributed by atoms with Crippen molar-refractivity contribution in [1.29, 1.82) is 0 Å². The maximum Gasteiger partial charge on any atom is 0.242 e. The van der Waals surface area contributed by atoms with Crippen LogP contribution in [-0.2, 0) is 4.79 Å².